The zero-order valence-corrected chi connectivity index (χ0v) is 12.4. The predicted octanol–water partition coefficient (Wildman–Crippen LogP) is 3.27. The van der Waals surface area contributed by atoms with E-state index in [4.69, 9.17) is 10.2 Å². The maximum Gasteiger partial charge on any atom is 0.240 e. The second-order valence-corrected chi connectivity index (χ2v) is 6.10. The van der Waals surface area contributed by atoms with Crippen molar-refractivity contribution in [3.63, 3.8) is 0 Å². The number of nitrogens with two attached hydrogens (primary N) is 1. The van der Waals surface area contributed by atoms with Gasteiger partial charge in [-0.05, 0) is 31.9 Å². The second kappa shape index (κ2) is 5.53. The Morgan fingerprint density at radius 2 is 2.00 bits per heavy atom. The fourth-order valence-corrected chi connectivity index (χ4v) is 3.04. The third kappa shape index (κ3) is 2.81. The van der Waals surface area contributed by atoms with Gasteiger partial charge < -0.3 is 15.5 Å². The average molecular weight is 286 g/mol. The van der Waals surface area contributed by atoms with E-state index in [-0.39, 0.29) is 11.9 Å². The van der Waals surface area contributed by atoms with Gasteiger partial charge in [0.05, 0.1) is 11.6 Å². The number of fused-ring (bicyclic) bond motifs is 1. The largest absolute Gasteiger partial charge is 0.459 e. The van der Waals surface area contributed by atoms with Crippen LogP contribution in [0.5, 0.6) is 0 Å². The van der Waals surface area contributed by atoms with Crippen molar-refractivity contribution in [1.29, 1.82) is 0 Å². The molecule has 4 nitrogen and oxygen atoms in total. The van der Waals surface area contributed by atoms with Gasteiger partial charge >= 0.3 is 0 Å². The minimum absolute atomic E-state index is 0.0600. The van der Waals surface area contributed by atoms with Crippen LogP contribution >= 0.6 is 0 Å². The zero-order valence-electron chi connectivity index (χ0n) is 12.4. The number of para-hydroxylation sites is 1. The van der Waals surface area contributed by atoms with Crippen molar-refractivity contribution < 1.29 is 9.21 Å². The molecule has 1 aromatic carbocycles. The monoisotopic (exact) mass is 286 g/mol. The lowest BCUT2D eigenvalue weighted by Crippen LogP contribution is -2.55. The second-order valence-electron chi connectivity index (χ2n) is 6.10. The third-order valence-corrected chi connectivity index (χ3v) is 4.42. The number of benzene rings is 1. The highest BCUT2D eigenvalue weighted by atomic mass is 16.3. The van der Waals surface area contributed by atoms with Crippen LogP contribution in [0.3, 0.4) is 0 Å². The van der Waals surface area contributed by atoms with Crippen molar-refractivity contribution in [3.05, 3.63) is 36.1 Å². The summed E-state index contributed by atoms with van der Waals surface area (Å²) < 4.78 is 5.80. The summed E-state index contributed by atoms with van der Waals surface area (Å²) in [5, 5.41) is 4.06. The maximum absolute atomic E-state index is 12.4. The summed E-state index contributed by atoms with van der Waals surface area (Å²) in [7, 11) is 0. The lowest BCUT2D eigenvalue weighted by atomic mass is 9.82. The SMILES string of the molecule is CC(NC(=O)C1(N)CCCCC1)c1cc2ccccc2o1. The molecule has 1 aliphatic rings. The standard InChI is InChI=1S/C17H22N2O2/c1-12(15-11-13-7-3-4-8-14(13)21-15)19-16(20)17(18)9-5-2-6-10-17/h3-4,7-8,11-12H,2,5-6,9-10,18H2,1H3,(H,19,20). The summed E-state index contributed by atoms with van der Waals surface area (Å²) in [6, 6.07) is 9.65. The Labute approximate surface area is 124 Å². The van der Waals surface area contributed by atoms with Crippen LogP contribution in [-0.4, -0.2) is 11.4 Å². The molecule has 0 aliphatic heterocycles. The molecule has 2 aromatic rings. The third-order valence-electron chi connectivity index (χ3n) is 4.42. The lowest BCUT2D eigenvalue weighted by molar-refractivity contribution is -0.128. The molecular weight excluding hydrogens is 264 g/mol. The molecule has 4 heteroatoms. The number of amides is 1. The van der Waals surface area contributed by atoms with Gasteiger partial charge in [-0.25, -0.2) is 0 Å². The summed E-state index contributed by atoms with van der Waals surface area (Å²) in [6.07, 6.45) is 4.77. The Morgan fingerprint density at radius 1 is 1.29 bits per heavy atom. The Hall–Kier alpha value is -1.81. The minimum Gasteiger partial charge on any atom is -0.459 e. The smallest absolute Gasteiger partial charge is 0.240 e. The number of rotatable bonds is 3. The van der Waals surface area contributed by atoms with Crippen molar-refractivity contribution in [2.24, 2.45) is 5.73 Å². The van der Waals surface area contributed by atoms with E-state index < -0.39 is 5.54 Å². The Bertz CT molecular complexity index is 608. The predicted molar refractivity (Wildman–Crippen MR) is 82.8 cm³/mol. The van der Waals surface area contributed by atoms with E-state index in [1.807, 2.05) is 37.3 Å². The Balaban J connectivity index is 1.73. The molecule has 1 aromatic heterocycles. The van der Waals surface area contributed by atoms with Crippen LogP contribution in [0.15, 0.2) is 34.7 Å². The first-order valence-corrected chi connectivity index (χ1v) is 7.67. The summed E-state index contributed by atoms with van der Waals surface area (Å²) in [5.41, 5.74) is 6.39. The van der Waals surface area contributed by atoms with Gasteiger partial charge in [0, 0.05) is 5.39 Å². The highest BCUT2D eigenvalue weighted by Gasteiger charge is 2.36. The molecule has 1 aliphatic carbocycles. The van der Waals surface area contributed by atoms with E-state index in [1.165, 1.54) is 6.42 Å². The first-order valence-electron chi connectivity index (χ1n) is 7.67. The molecule has 3 rings (SSSR count). The van der Waals surface area contributed by atoms with Crippen LogP contribution in [0, 0.1) is 0 Å². The molecule has 1 unspecified atom stereocenters. The van der Waals surface area contributed by atoms with Crippen molar-refractivity contribution in [3.8, 4) is 0 Å². The van der Waals surface area contributed by atoms with Crippen molar-refractivity contribution in [2.45, 2.75) is 50.6 Å². The van der Waals surface area contributed by atoms with E-state index in [0.717, 1.165) is 42.4 Å². The van der Waals surface area contributed by atoms with Gasteiger partial charge in [-0.3, -0.25) is 4.79 Å². The Kier molecular flexibility index (Phi) is 3.72. The fourth-order valence-electron chi connectivity index (χ4n) is 3.04. The summed E-state index contributed by atoms with van der Waals surface area (Å²) >= 11 is 0. The highest BCUT2D eigenvalue weighted by Crippen LogP contribution is 2.28. The number of carbonyl (C=O) groups is 1. The van der Waals surface area contributed by atoms with Crippen LogP contribution in [0.1, 0.15) is 50.8 Å². The summed E-state index contributed by atoms with van der Waals surface area (Å²) in [6.45, 7) is 1.93. The number of hydrogen-bond donors (Lipinski definition) is 2. The normalized spacial score (nSPS) is 19.3. The average Bonchev–Trinajstić information content (AvgIpc) is 2.92. The first-order chi connectivity index (χ1) is 10.1. The van der Waals surface area contributed by atoms with Gasteiger partial charge in [-0.15, -0.1) is 0 Å². The lowest BCUT2D eigenvalue weighted by Gasteiger charge is -2.32. The van der Waals surface area contributed by atoms with Gasteiger partial charge in [-0.2, -0.15) is 0 Å². The van der Waals surface area contributed by atoms with E-state index in [9.17, 15) is 4.79 Å². The van der Waals surface area contributed by atoms with E-state index in [0.29, 0.717) is 0 Å². The van der Waals surface area contributed by atoms with Crippen molar-refractivity contribution in [2.75, 3.05) is 0 Å². The summed E-state index contributed by atoms with van der Waals surface area (Å²) in [5.74, 6) is 0.708. The number of furan rings is 1. The quantitative estimate of drug-likeness (QED) is 0.910. The molecule has 1 amide bonds. The topological polar surface area (TPSA) is 68.3 Å². The summed E-state index contributed by atoms with van der Waals surface area (Å²) in [4.78, 5) is 12.4. The van der Waals surface area contributed by atoms with E-state index in [1.54, 1.807) is 0 Å². The number of carbonyl (C=O) groups excluding carboxylic acids is 1. The minimum atomic E-state index is -0.710. The molecule has 1 saturated carbocycles. The van der Waals surface area contributed by atoms with Crippen molar-refractivity contribution in [1.82, 2.24) is 5.32 Å². The van der Waals surface area contributed by atoms with Crippen molar-refractivity contribution >= 4 is 16.9 Å². The molecule has 0 saturated heterocycles. The highest BCUT2D eigenvalue weighted by molar-refractivity contribution is 5.86. The molecule has 0 bridgehead atoms. The molecule has 0 spiro atoms. The van der Waals surface area contributed by atoms with Crippen LogP contribution in [0.25, 0.3) is 11.0 Å². The van der Waals surface area contributed by atoms with Gasteiger partial charge in [0.2, 0.25) is 5.91 Å². The molecule has 1 atom stereocenters. The number of nitrogens with one attached hydrogen (secondary N) is 1. The van der Waals surface area contributed by atoms with E-state index >= 15 is 0 Å². The molecule has 1 heterocycles. The van der Waals surface area contributed by atoms with Crippen LogP contribution < -0.4 is 11.1 Å². The van der Waals surface area contributed by atoms with E-state index in [2.05, 4.69) is 5.32 Å². The van der Waals surface area contributed by atoms with Crippen LogP contribution in [0.2, 0.25) is 0 Å². The maximum atomic E-state index is 12.4. The first kappa shape index (κ1) is 14.1. The number of hydrogen-bond acceptors (Lipinski definition) is 3. The molecule has 112 valence electrons. The molecular formula is C17H22N2O2. The molecule has 21 heavy (non-hydrogen) atoms. The van der Waals surface area contributed by atoms with Gasteiger partial charge in [0.1, 0.15) is 11.3 Å². The molecule has 3 N–H and O–H groups in total. The molecule has 1 fully saturated rings. The van der Waals surface area contributed by atoms with Crippen LogP contribution in [-0.2, 0) is 4.79 Å². The molecule has 0 radical (unpaired) electrons. The van der Waals surface area contributed by atoms with Gasteiger partial charge in [-0.1, -0.05) is 37.5 Å². The van der Waals surface area contributed by atoms with Crippen LogP contribution in [0.4, 0.5) is 0 Å². The van der Waals surface area contributed by atoms with Gasteiger partial charge in [0.25, 0.3) is 0 Å². The van der Waals surface area contributed by atoms with Gasteiger partial charge in [0.15, 0.2) is 0 Å². The Morgan fingerprint density at radius 3 is 2.71 bits per heavy atom. The fraction of sp³-hybridized carbons (Fsp3) is 0.471. The zero-order chi connectivity index (χ0) is 14.9.